The zero-order chi connectivity index (χ0) is 12.3. The van der Waals surface area contributed by atoms with Crippen molar-refractivity contribution >= 4 is 18.3 Å². The molecule has 1 aliphatic rings. The van der Waals surface area contributed by atoms with Gasteiger partial charge >= 0.3 is 0 Å². The number of benzene rings is 1. The van der Waals surface area contributed by atoms with Gasteiger partial charge < -0.3 is 11.1 Å². The zero-order valence-electron chi connectivity index (χ0n) is 10.7. The Balaban J connectivity index is 0.00000162. The minimum Gasteiger partial charge on any atom is -0.352 e. The lowest BCUT2D eigenvalue weighted by Crippen LogP contribution is -2.42. The van der Waals surface area contributed by atoms with Gasteiger partial charge in [0.2, 0.25) is 5.91 Å². The average molecular weight is 269 g/mol. The molecule has 1 atom stereocenters. The molecule has 4 heteroatoms. The highest BCUT2D eigenvalue weighted by atomic mass is 35.5. The van der Waals surface area contributed by atoms with Gasteiger partial charge in [-0.1, -0.05) is 30.3 Å². The molecule has 0 unspecified atom stereocenters. The number of amides is 1. The fourth-order valence-electron chi connectivity index (χ4n) is 2.06. The summed E-state index contributed by atoms with van der Waals surface area (Å²) in [4.78, 5) is 12.1. The van der Waals surface area contributed by atoms with E-state index in [0.717, 1.165) is 19.3 Å². The van der Waals surface area contributed by atoms with Crippen LogP contribution in [0.4, 0.5) is 0 Å². The second-order valence-electron chi connectivity index (χ2n) is 5.05. The zero-order valence-corrected chi connectivity index (χ0v) is 11.5. The van der Waals surface area contributed by atoms with Crippen molar-refractivity contribution in [2.45, 2.75) is 32.2 Å². The fraction of sp³-hybridized carbons (Fsp3) is 0.500. The van der Waals surface area contributed by atoms with Crippen molar-refractivity contribution in [3.8, 4) is 0 Å². The maximum atomic E-state index is 12.1. The Morgan fingerprint density at radius 2 is 2.00 bits per heavy atom. The van der Waals surface area contributed by atoms with E-state index < -0.39 is 0 Å². The van der Waals surface area contributed by atoms with Gasteiger partial charge in [0, 0.05) is 12.6 Å². The van der Waals surface area contributed by atoms with Crippen molar-refractivity contribution < 1.29 is 4.79 Å². The van der Waals surface area contributed by atoms with Crippen LogP contribution in [0.15, 0.2) is 30.3 Å². The van der Waals surface area contributed by atoms with Crippen LogP contribution < -0.4 is 11.1 Å². The normalized spacial score (nSPS) is 17.4. The largest absolute Gasteiger partial charge is 0.352 e. The second kappa shape index (κ2) is 6.21. The SMILES string of the molecule is C[C@@H](CN)NC(=O)C1(Cc2ccccc2)CC1.Cl. The Bertz CT molecular complexity index is 390. The molecule has 0 bridgehead atoms. The maximum absolute atomic E-state index is 12.1. The molecule has 1 aromatic rings. The third-order valence-electron chi connectivity index (χ3n) is 3.45. The van der Waals surface area contributed by atoms with Crippen LogP contribution >= 0.6 is 12.4 Å². The molecule has 0 saturated heterocycles. The van der Waals surface area contributed by atoms with Crippen LogP contribution in [0.1, 0.15) is 25.3 Å². The fourth-order valence-corrected chi connectivity index (χ4v) is 2.06. The number of rotatable bonds is 5. The number of carbonyl (C=O) groups is 1. The molecule has 1 aliphatic carbocycles. The standard InChI is InChI=1S/C14H20N2O.ClH/c1-11(10-15)16-13(17)14(7-8-14)9-12-5-3-2-4-6-12;/h2-6,11H,7-10,15H2,1H3,(H,16,17);1H/t11-;/m0./s1. The van der Waals surface area contributed by atoms with E-state index in [9.17, 15) is 4.79 Å². The number of halogens is 1. The first kappa shape index (κ1) is 15.0. The van der Waals surface area contributed by atoms with Gasteiger partial charge in [0.1, 0.15) is 0 Å². The number of hydrogen-bond acceptors (Lipinski definition) is 2. The molecule has 1 saturated carbocycles. The average Bonchev–Trinajstić information content (AvgIpc) is 3.11. The Labute approximate surface area is 115 Å². The topological polar surface area (TPSA) is 55.1 Å². The summed E-state index contributed by atoms with van der Waals surface area (Å²) in [6.45, 7) is 2.43. The molecule has 0 aliphatic heterocycles. The highest BCUT2D eigenvalue weighted by Crippen LogP contribution is 2.48. The van der Waals surface area contributed by atoms with Crippen LogP contribution in [-0.2, 0) is 11.2 Å². The van der Waals surface area contributed by atoms with Gasteiger partial charge in [-0.2, -0.15) is 0 Å². The van der Waals surface area contributed by atoms with Gasteiger partial charge in [0.15, 0.2) is 0 Å². The molecule has 100 valence electrons. The van der Waals surface area contributed by atoms with Gasteiger partial charge in [-0.25, -0.2) is 0 Å². The number of nitrogens with one attached hydrogen (secondary N) is 1. The molecular formula is C14H21ClN2O. The van der Waals surface area contributed by atoms with E-state index >= 15 is 0 Å². The first-order valence-corrected chi connectivity index (χ1v) is 6.21. The van der Waals surface area contributed by atoms with Crippen molar-refractivity contribution in [1.29, 1.82) is 0 Å². The molecule has 0 heterocycles. The van der Waals surface area contributed by atoms with Crippen LogP contribution in [0.5, 0.6) is 0 Å². The van der Waals surface area contributed by atoms with Gasteiger partial charge in [-0.15, -0.1) is 12.4 Å². The van der Waals surface area contributed by atoms with Crippen molar-refractivity contribution in [2.75, 3.05) is 6.54 Å². The van der Waals surface area contributed by atoms with E-state index in [2.05, 4.69) is 17.4 Å². The lowest BCUT2D eigenvalue weighted by molar-refractivity contribution is -0.126. The molecule has 1 fully saturated rings. The maximum Gasteiger partial charge on any atom is 0.226 e. The van der Waals surface area contributed by atoms with E-state index in [1.54, 1.807) is 0 Å². The molecule has 1 aromatic carbocycles. The lowest BCUT2D eigenvalue weighted by atomic mass is 9.95. The lowest BCUT2D eigenvalue weighted by Gasteiger charge is -2.18. The minimum atomic E-state index is -0.162. The number of carbonyl (C=O) groups excluding carboxylic acids is 1. The molecular weight excluding hydrogens is 248 g/mol. The minimum absolute atomic E-state index is 0. The summed E-state index contributed by atoms with van der Waals surface area (Å²) in [7, 11) is 0. The van der Waals surface area contributed by atoms with E-state index in [-0.39, 0.29) is 29.8 Å². The quantitative estimate of drug-likeness (QED) is 0.857. The molecule has 2 rings (SSSR count). The summed E-state index contributed by atoms with van der Waals surface area (Å²) in [6.07, 6.45) is 2.83. The van der Waals surface area contributed by atoms with Gasteiger partial charge in [-0.05, 0) is 31.7 Å². The molecule has 3 nitrogen and oxygen atoms in total. The number of nitrogens with two attached hydrogens (primary N) is 1. The van der Waals surface area contributed by atoms with Crippen LogP contribution in [-0.4, -0.2) is 18.5 Å². The number of hydrogen-bond donors (Lipinski definition) is 2. The first-order chi connectivity index (χ1) is 8.16. The third-order valence-corrected chi connectivity index (χ3v) is 3.45. The summed E-state index contributed by atoms with van der Waals surface area (Å²) >= 11 is 0. The molecule has 1 amide bonds. The summed E-state index contributed by atoms with van der Waals surface area (Å²) in [6, 6.07) is 10.3. The molecule has 0 radical (unpaired) electrons. The van der Waals surface area contributed by atoms with Crippen LogP contribution in [0.25, 0.3) is 0 Å². The van der Waals surface area contributed by atoms with E-state index in [4.69, 9.17) is 5.73 Å². The van der Waals surface area contributed by atoms with Crippen LogP contribution in [0.3, 0.4) is 0 Å². The van der Waals surface area contributed by atoms with Gasteiger partial charge in [-0.3, -0.25) is 4.79 Å². The monoisotopic (exact) mass is 268 g/mol. The summed E-state index contributed by atoms with van der Waals surface area (Å²) < 4.78 is 0. The highest BCUT2D eigenvalue weighted by molar-refractivity contribution is 5.86. The summed E-state index contributed by atoms with van der Waals surface area (Å²) in [5.41, 5.74) is 6.60. The van der Waals surface area contributed by atoms with Crippen molar-refractivity contribution in [3.05, 3.63) is 35.9 Å². The Morgan fingerprint density at radius 1 is 1.39 bits per heavy atom. The molecule has 0 spiro atoms. The Kier molecular flexibility index (Phi) is 5.17. The van der Waals surface area contributed by atoms with Crippen LogP contribution in [0, 0.1) is 5.41 Å². The van der Waals surface area contributed by atoms with E-state index in [1.165, 1.54) is 5.56 Å². The molecule has 0 aromatic heterocycles. The molecule has 3 N–H and O–H groups in total. The van der Waals surface area contributed by atoms with Gasteiger partial charge in [0.25, 0.3) is 0 Å². The predicted molar refractivity (Wildman–Crippen MR) is 75.7 cm³/mol. The van der Waals surface area contributed by atoms with Crippen LogP contribution in [0.2, 0.25) is 0 Å². The smallest absolute Gasteiger partial charge is 0.226 e. The van der Waals surface area contributed by atoms with Crippen molar-refractivity contribution in [3.63, 3.8) is 0 Å². The van der Waals surface area contributed by atoms with Crippen molar-refractivity contribution in [1.82, 2.24) is 5.32 Å². The Morgan fingerprint density at radius 3 is 2.50 bits per heavy atom. The first-order valence-electron chi connectivity index (χ1n) is 6.21. The highest BCUT2D eigenvalue weighted by Gasteiger charge is 2.49. The molecule has 18 heavy (non-hydrogen) atoms. The van der Waals surface area contributed by atoms with E-state index in [1.807, 2.05) is 25.1 Å². The third kappa shape index (κ3) is 3.47. The van der Waals surface area contributed by atoms with Gasteiger partial charge in [0.05, 0.1) is 5.41 Å². The second-order valence-corrected chi connectivity index (χ2v) is 5.05. The summed E-state index contributed by atoms with van der Waals surface area (Å²) in [5, 5.41) is 2.99. The van der Waals surface area contributed by atoms with Crippen molar-refractivity contribution in [2.24, 2.45) is 11.1 Å². The Hall–Kier alpha value is -1.06. The predicted octanol–water partition coefficient (Wildman–Crippen LogP) is 1.89. The summed E-state index contributed by atoms with van der Waals surface area (Å²) in [5.74, 6) is 0.166. The van der Waals surface area contributed by atoms with E-state index in [0.29, 0.717) is 6.54 Å².